The summed E-state index contributed by atoms with van der Waals surface area (Å²) >= 11 is 0. The lowest BCUT2D eigenvalue weighted by Crippen LogP contribution is -2.17. The summed E-state index contributed by atoms with van der Waals surface area (Å²) in [6.45, 7) is 3.22. The summed E-state index contributed by atoms with van der Waals surface area (Å²) in [5, 5.41) is 3.52. The Morgan fingerprint density at radius 3 is 2.67 bits per heavy atom. The smallest absolute Gasteiger partial charge is 0.127 e. The van der Waals surface area contributed by atoms with E-state index in [-0.39, 0.29) is 0 Å². The van der Waals surface area contributed by atoms with Crippen molar-refractivity contribution in [3.05, 3.63) is 23.9 Å². The summed E-state index contributed by atoms with van der Waals surface area (Å²) in [6, 6.07) is 4.94. The van der Waals surface area contributed by atoms with Crippen LogP contribution in [0.25, 0.3) is 0 Å². The number of aromatic nitrogens is 1. The molecule has 1 aromatic heterocycles. The van der Waals surface area contributed by atoms with Crippen LogP contribution in [0.15, 0.2) is 18.3 Å². The van der Waals surface area contributed by atoms with Gasteiger partial charge in [0.15, 0.2) is 0 Å². The molecule has 1 aliphatic rings. The van der Waals surface area contributed by atoms with Gasteiger partial charge in [-0.05, 0) is 24.0 Å². The summed E-state index contributed by atoms with van der Waals surface area (Å²) < 4.78 is 0. The third-order valence-electron chi connectivity index (χ3n) is 2.95. The van der Waals surface area contributed by atoms with E-state index in [1.807, 2.05) is 25.2 Å². The summed E-state index contributed by atoms with van der Waals surface area (Å²) in [7, 11) is 4.01. The first-order chi connectivity index (χ1) is 7.16. The zero-order valence-corrected chi connectivity index (χ0v) is 9.70. The van der Waals surface area contributed by atoms with Crippen molar-refractivity contribution in [3.8, 4) is 0 Å². The molecule has 15 heavy (non-hydrogen) atoms. The van der Waals surface area contributed by atoms with Crippen molar-refractivity contribution in [3.63, 3.8) is 0 Å². The molecule has 1 aliphatic carbocycles. The Morgan fingerprint density at radius 1 is 1.47 bits per heavy atom. The largest absolute Gasteiger partial charge is 0.363 e. The fourth-order valence-corrected chi connectivity index (χ4v) is 1.64. The van der Waals surface area contributed by atoms with Crippen LogP contribution in [0.3, 0.4) is 0 Å². The second-order valence-electron chi connectivity index (χ2n) is 4.62. The van der Waals surface area contributed by atoms with Crippen molar-refractivity contribution in [1.29, 1.82) is 0 Å². The van der Waals surface area contributed by atoms with Crippen molar-refractivity contribution < 1.29 is 0 Å². The predicted octanol–water partition coefficient (Wildman–Crippen LogP) is 1.65. The van der Waals surface area contributed by atoms with E-state index in [9.17, 15) is 0 Å². The lowest BCUT2D eigenvalue weighted by atomic mass is 10.2. The summed E-state index contributed by atoms with van der Waals surface area (Å²) in [5.41, 5.74) is 1.26. The molecule has 82 valence electrons. The molecular weight excluding hydrogens is 186 g/mol. The number of hydrogen-bond donors (Lipinski definition) is 1. The van der Waals surface area contributed by atoms with Crippen molar-refractivity contribution in [2.75, 3.05) is 19.0 Å². The molecule has 0 bridgehead atoms. The number of pyridine rings is 1. The normalized spacial score (nSPS) is 23.9. The molecule has 1 N–H and O–H groups in total. The van der Waals surface area contributed by atoms with Gasteiger partial charge in [0.2, 0.25) is 0 Å². The highest BCUT2D eigenvalue weighted by molar-refractivity contribution is 5.37. The second kappa shape index (κ2) is 4.19. The third kappa shape index (κ3) is 2.69. The van der Waals surface area contributed by atoms with Crippen LogP contribution in [0.1, 0.15) is 18.9 Å². The van der Waals surface area contributed by atoms with Gasteiger partial charge in [-0.1, -0.05) is 13.0 Å². The van der Waals surface area contributed by atoms with Gasteiger partial charge in [-0.25, -0.2) is 4.98 Å². The molecule has 0 aliphatic heterocycles. The number of nitrogens with zero attached hydrogens (tertiary/aromatic N) is 2. The van der Waals surface area contributed by atoms with E-state index in [4.69, 9.17) is 0 Å². The summed E-state index contributed by atoms with van der Waals surface area (Å²) in [5.74, 6) is 1.87. The van der Waals surface area contributed by atoms with Crippen LogP contribution in [0.5, 0.6) is 0 Å². The molecule has 0 spiro atoms. The van der Waals surface area contributed by atoms with Crippen molar-refractivity contribution in [1.82, 2.24) is 10.3 Å². The molecule has 0 aromatic carbocycles. The Balaban J connectivity index is 1.86. The Labute approximate surface area is 91.5 Å². The molecule has 0 amide bonds. The standard InChI is InChI=1S/C12H19N3/c1-9-6-11(9)13-7-10-4-5-12(14-8-10)15(2)3/h4-5,8-9,11,13H,6-7H2,1-3H3. The molecule has 0 radical (unpaired) electrons. The first kappa shape index (κ1) is 10.4. The first-order valence-corrected chi connectivity index (χ1v) is 5.52. The van der Waals surface area contributed by atoms with Gasteiger partial charge in [0, 0.05) is 32.9 Å². The van der Waals surface area contributed by atoms with Gasteiger partial charge < -0.3 is 10.2 Å². The molecule has 2 unspecified atom stereocenters. The Kier molecular flexibility index (Phi) is 2.91. The predicted molar refractivity (Wildman–Crippen MR) is 63.0 cm³/mol. The molecule has 1 fully saturated rings. The number of nitrogens with one attached hydrogen (secondary N) is 1. The molecule has 0 saturated heterocycles. The number of anilines is 1. The average Bonchev–Trinajstić information content (AvgIpc) is 2.92. The van der Waals surface area contributed by atoms with E-state index >= 15 is 0 Å². The van der Waals surface area contributed by atoms with Gasteiger partial charge in [0.1, 0.15) is 5.82 Å². The summed E-state index contributed by atoms with van der Waals surface area (Å²) in [6.07, 6.45) is 3.28. The van der Waals surface area contributed by atoms with Crippen LogP contribution in [0.2, 0.25) is 0 Å². The first-order valence-electron chi connectivity index (χ1n) is 5.52. The minimum Gasteiger partial charge on any atom is -0.363 e. The van der Waals surface area contributed by atoms with Gasteiger partial charge in [0.05, 0.1) is 0 Å². The second-order valence-corrected chi connectivity index (χ2v) is 4.62. The van der Waals surface area contributed by atoms with E-state index in [0.29, 0.717) is 0 Å². The summed E-state index contributed by atoms with van der Waals surface area (Å²) in [4.78, 5) is 6.40. The van der Waals surface area contributed by atoms with Gasteiger partial charge in [0.25, 0.3) is 0 Å². The van der Waals surface area contributed by atoms with Crippen molar-refractivity contribution in [2.45, 2.75) is 25.9 Å². The van der Waals surface area contributed by atoms with Crippen molar-refractivity contribution in [2.24, 2.45) is 5.92 Å². The van der Waals surface area contributed by atoms with E-state index in [0.717, 1.165) is 24.3 Å². The van der Waals surface area contributed by atoms with Crippen LogP contribution >= 0.6 is 0 Å². The molecular formula is C12H19N3. The lowest BCUT2D eigenvalue weighted by molar-refractivity contribution is 0.651. The van der Waals surface area contributed by atoms with Crippen LogP contribution < -0.4 is 10.2 Å². The monoisotopic (exact) mass is 205 g/mol. The fraction of sp³-hybridized carbons (Fsp3) is 0.583. The van der Waals surface area contributed by atoms with Crippen LogP contribution in [0, 0.1) is 5.92 Å². The topological polar surface area (TPSA) is 28.2 Å². The van der Waals surface area contributed by atoms with Gasteiger partial charge in [-0.2, -0.15) is 0 Å². The lowest BCUT2D eigenvalue weighted by Gasteiger charge is -2.11. The Bertz CT molecular complexity index is 318. The average molecular weight is 205 g/mol. The molecule has 1 saturated carbocycles. The van der Waals surface area contributed by atoms with E-state index in [2.05, 4.69) is 29.4 Å². The molecule has 2 rings (SSSR count). The highest BCUT2D eigenvalue weighted by Gasteiger charge is 2.31. The fourth-order valence-electron chi connectivity index (χ4n) is 1.64. The van der Waals surface area contributed by atoms with Crippen molar-refractivity contribution >= 4 is 5.82 Å². The molecule has 2 atom stereocenters. The van der Waals surface area contributed by atoms with Crippen LogP contribution in [-0.4, -0.2) is 25.1 Å². The van der Waals surface area contributed by atoms with E-state index in [1.165, 1.54) is 12.0 Å². The third-order valence-corrected chi connectivity index (χ3v) is 2.95. The number of rotatable bonds is 4. The van der Waals surface area contributed by atoms with Gasteiger partial charge in [-0.15, -0.1) is 0 Å². The quantitative estimate of drug-likeness (QED) is 0.810. The van der Waals surface area contributed by atoms with Gasteiger partial charge in [-0.3, -0.25) is 0 Å². The highest BCUT2D eigenvalue weighted by Crippen LogP contribution is 2.29. The SMILES string of the molecule is CC1CC1NCc1ccc(N(C)C)nc1. The minimum atomic E-state index is 0.735. The van der Waals surface area contributed by atoms with Crippen LogP contribution in [0.4, 0.5) is 5.82 Å². The highest BCUT2D eigenvalue weighted by atomic mass is 15.1. The minimum absolute atomic E-state index is 0.735. The zero-order valence-electron chi connectivity index (χ0n) is 9.70. The maximum atomic E-state index is 4.38. The molecule has 1 heterocycles. The maximum Gasteiger partial charge on any atom is 0.127 e. The molecule has 3 nitrogen and oxygen atoms in total. The van der Waals surface area contributed by atoms with E-state index in [1.54, 1.807) is 0 Å². The molecule has 3 heteroatoms. The maximum absolute atomic E-state index is 4.38. The van der Waals surface area contributed by atoms with Gasteiger partial charge >= 0.3 is 0 Å². The van der Waals surface area contributed by atoms with Crippen LogP contribution in [-0.2, 0) is 6.54 Å². The van der Waals surface area contributed by atoms with E-state index < -0.39 is 0 Å². The number of hydrogen-bond acceptors (Lipinski definition) is 3. The Morgan fingerprint density at radius 2 is 2.20 bits per heavy atom. The zero-order chi connectivity index (χ0) is 10.8. The molecule has 1 aromatic rings. The Hall–Kier alpha value is -1.09.